The summed E-state index contributed by atoms with van der Waals surface area (Å²) in [5.74, 6) is -2.98. The van der Waals surface area contributed by atoms with Gasteiger partial charge in [-0.15, -0.1) is 0 Å². The number of hydrogen-bond donors (Lipinski definition) is 2. The molecule has 0 saturated carbocycles. The van der Waals surface area contributed by atoms with Crippen LogP contribution in [0.5, 0.6) is 0 Å². The number of benzene rings is 1. The summed E-state index contributed by atoms with van der Waals surface area (Å²) in [5.41, 5.74) is 2.94. The lowest BCUT2D eigenvalue weighted by Crippen LogP contribution is -2.57. The second-order valence-electron chi connectivity index (χ2n) is 5.87. The molecule has 0 aliphatic carbocycles. The second-order valence-corrected chi connectivity index (χ2v) is 5.87. The molecule has 1 aromatic rings. The maximum atomic E-state index is 13.5. The molecule has 0 aromatic heterocycles. The SMILES string of the molecule is CC(C)(C)OC(=O)C(N)(CCc1ccccc1F)C(=O)O. The molecule has 21 heavy (non-hydrogen) atoms. The van der Waals surface area contributed by atoms with E-state index < -0.39 is 28.9 Å². The van der Waals surface area contributed by atoms with Crippen molar-refractivity contribution in [2.45, 2.75) is 44.8 Å². The lowest BCUT2D eigenvalue weighted by atomic mass is 9.92. The van der Waals surface area contributed by atoms with E-state index in [4.69, 9.17) is 10.5 Å². The van der Waals surface area contributed by atoms with Crippen molar-refractivity contribution in [3.63, 3.8) is 0 Å². The van der Waals surface area contributed by atoms with Gasteiger partial charge in [-0.3, -0.25) is 0 Å². The van der Waals surface area contributed by atoms with Crippen LogP contribution in [0.25, 0.3) is 0 Å². The third-order valence-electron chi connectivity index (χ3n) is 2.89. The number of hydrogen-bond acceptors (Lipinski definition) is 4. The molecular formula is C15H20FNO4. The van der Waals surface area contributed by atoms with Gasteiger partial charge < -0.3 is 15.6 Å². The number of ether oxygens (including phenoxy) is 1. The summed E-state index contributed by atoms with van der Waals surface area (Å²) in [5, 5.41) is 9.23. The maximum Gasteiger partial charge on any atom is 0.338 e. The van der Waals surface area contributed by atoms with E-state index in [0.717, 1.165) is 0 Å². The molecule has 0 amide bonds. The molecule has 0 fully saturated rings. The number of aliphatic carboxylic acids is 1. The molecule has 0 radical (unpaired) electrons. The normalized spacial score (nSPS) is 14.3. The Labute approximate surface area is 122 Å². The minimum absolute atomic E-state index is 0.0225. The first-order chi connectivity index (χ1) is 9.56. The molecule has 5 nitrogen and oxygen atoms in total. The van der Waals surface area contributed by atoms with Gasteiger partial charge in [0.2, 0.25) is 5.54 Å². The quantitative estimate of drug-likeness (QED) is 0.640. The maximum absolute atomic E-state index is 13.5. The Morgan fingerprint density at radius 1 is 1.29 bits per heavy atom. The molecule has 0 aliphatic heterocycles. The summed E-state index contributed by atoms with van der Waals surface area (Å²) in [4.78, 5) is 23.3. The fraction of sp³-hybridized carbons (Fsp3) is 0.467. The van der Waals surface area contributed by atoms with Crippen molar-refractivity contribution < 1.29 is 23.8 Å². The van der Waals surface area contributed by atoms with Crippen LogP contribution in [0, 0.1) is 5.82 Å². The summed E-state index contributed by atoms with van der Waals surface area (Å²) in [6.45, 7) is 4.85. The Hall–Kier alpha value is -1.95. The van der Waals surface area contributed by atoms with Crippen LogP contribution in [0.3, 0.4) is 0 Å². The number of esters is 1. The van der Waals surface area contributed by atoms with Crippen LogP contribution in [0.2, 0.25) is 0 Å². The number of nitrogens with two attached hydrogens (primary N) is 1. The molecule has 0 aliphatic rings. The van der Waals surface area contributed by atoms with Crippen LogP contribution >= 0.6 is 0 Å². The van der Waals surface area contributed by atoms with Gasteiger partial charge in [-0.2, -0.15) is 0 Å². The Balaban J connectivity index is 2.89. The van der Waals surface area contributed by atoms with Crippen molar-refractivity contribution in [2.75, 3.05) is 0 Å². The molecule has 0 bridgehead atoms. The summed E-state index contributed by atoms with van der Waals surface area (Å²) in [7, 11) is 0. The van der Waals surface area contributed by atoms with E-state index in [1.165, 1.54) is 18.2 Å². The van der Waals surface area contributed by atoms with Crippen molar-refractivity contribution in [3.05, 3.63) is 35.6 Å². The lowest BCUT2D eigenvalue weighted by molar-refractivity contribution is -0.169. The van der Waals surface area contributed by atoms with Gasteiger partial charge in [0.1, 0.15) is 11.4 Å². The van der Waals surface area contributed by atoms with E-state index in [2.05, 4.69) is 0 Å². The third-order valence-corrected chi connectivity index (χ3v) is 2.89. The van der Waals surface area contributed by atoms with E-state index in [1.807, 2.05) is 0 Å². The Morgan fingerprint density at radius 3 is 2.33 bits per heavy atom. The molecule has 116 valence electrons. The lowest BCUT2D eigenvalue weighted by Gasteiger charge is -2.28. The average molecular weight is 297 g/mol. The molecule has 0 saturated heterocycles. The predicted octanol–water partition coefficient (Wildman–Crippen LogP) is 1.88. The van der Waals surface area contributed by atoms with E-state index in [-0.39, 0.29) is 12.8 Å². The van der Waals surface area contributed by atoms with Gasteiger partial charge in [0, 0.05) is 0 Å². The number of carbonyl (C=O) groups is 2. The highest BCUT2D eigenvalue weighted by Crippen LogP contribution is 2.19. The van der Waals surface area contributed by atoms with Crippen LogP contribution in [0.15, 0.2) is 24.3 Å². The van der Waals surface area contributed by atoms with E-state index in [1.54, 1.807) is 26.8 Å². The molecule has 0 heterocycles. The average Bonchev–Trinajstić information content (AvgIpc) is 2.35. The van der Waals surface area contributed by atoms with Crippen LogP contribution in [-0.2, 0) is 20.7 Å². The van der Waals surface area contributed by atoms with Gasteiger partial charge in [0.15, 0.2) is 0 Å². The zero-order valence-electron chi connectivity index (χ0n) is 12.4. The van der Waals surface area contributed by atoms with Gasteiger partial charge >= 0.3 is 11.9 Å². The summed E-state index contributed by atoms with van der Waals surface area (Å²) >= 11 is 0. The first kappa shape index (κ1) is 17.1. The highest BCUT2D eigenvalue weighted by molar-refractivity contribution is 6.03. The number of carboxylic acid groups (broad SMARTS) is 1. The van der Waals surface area contributed by atoms with Crippen LogP contribution < -0.4 is 5.73 Å². The van der Waals surface area contributed by atoms with E-state index in [0.29, 0.717) is 5.56 Å². The van der Waals surface area contributed by atoms with Crippen molar-refractivity contribution in [3.8, 4) is 0 Å². The summed E-state index contributed by atoms with van der Waals surface area (Å²) < 4.78 is 18.6. The number of carboxylic acids is 1. The topological polar surface area (TPSA) is 89.6 Å². The van der Waals surface area contributed by atoms with E-state index in [9.17, 15) is 19.1 Å². The molecular weight excluding hydrogens is 277 g/mol. The van der Waals surface area contributed by atoms with Crippen LogP contribution in [0.4, 0.5) is 4.39 Å². The number of rotatable bonds is 5. The van der Waals surface area contributed by atoms with Gasteiger partial charge in [-0.25, -0.2) is 14.0 Å². The van der Waals surface area contributed by atoms with Gasteiger partial charge in [-0.1, -0.05) is 18.2 Å². The molecule has 1 atom stereocenters. The standard InChI is InChI=1S/C15H20FNO4/c1-14(2,3)21-13(20)15(17,12(18)19)9-8-10-6-4-5-7-11(10)16/h4-7H,8-9,17H2,1-3H3,(H,18,19). The zero-order valence-corrected chi connectivity index (χ0v) is 12.4. The predicted molar refractivity (Wildman–Crippen MR) is 75.1 cm³/mol. The molecule has 0 spiro atoms. The second kappa shape index (κ2) is 6.22. The number of halogens is 1. The van der Waals surface area contributed by atoms with Gasteiger partial charge in [0.05, 0.1) is 0 Å². The highest BCUT2D eigenvalue weighted by Gasteiger charge is 2.45. The first-order valence-electron chi connectivity index (χ1n) is 6.55. The van der Waals surface area contributed by atoms with Crippen molar-refractivity contribution >= 4 is 11.9 Å². The van der Waals surface area contributed by atoms with Gasteiger partial charge in [-0.05, 0) is 45.2 Å². The largest absolute Gasteiger partial charge is 0.479 e. The summed E-state index contributed by atoms with van der Waals surface area (Å²) in [6, 6.07) is 5.94. The molecule has 1 aromatic carbocycles. The van der Waals surface area contributed by atoms with Crippen molar-refractivity contribution in [2.24, 2.45) is 5.73 Å². The fourth-order valence-corrected chi connectivity index (χ4v) is 1.70. The summed E-state index contributed by atoms with van der Waals surface area (Å²) in [6.07, 6.45) is -0.229. The van der Waals surface area contributed by atoms with Gasteiger partial charge in [0.25, 0.3) is 0 Å². The number of aryl methyl sites for hydroxylation is 1. The third kappa shape index (κ3) is 4.53. The van der Waals surface area contributed by atoms with Crippen molar-refractivity contribution in [1.29, 1.82) is 0 Å². The Bertz CT molecular complexity index is 539. The highest BCUT2D eigenvalue weighted by atomic mass is 19.1. The molecule has 3 N–H and O–H groups in total. The number of carbonyl (C=O) groups excluding carboxylic acids is 1. The Morgan fingerprint density at radius 2 is 1.86 bits per heavy atom. The van der Waals surface area contributed by atoms with E-state index >= 15 is 0 Å². The van der Waals surface area contributed by atoms with Crippen LogP contribution in [0.1, 0.15) is 32.8 Å². The molecule has 1 unspecified atom stereocenters. The zero-order chi connectivity index (χ0) is 16.3. The smallest absolute Gasteiger partial charge is 0.338 e. The van der Waals surface area contributed by atoms with Crippen LogP contribution in [-0.4, -0.2) is 28.2 Å². The monoisotopic (exact) mass is 297 g/mol. The molecule has 6 heteroatoms. The van der Waals surface area contributed by atoms with Crippen molar-refractivity contribution in [1.82, 2.24) is 0 Å². The Kier molecular flexibility index (Phi) is 5.06. The minimum atomic E-state index is -2.20. The first-order valence-corrected chi connectivity index (χ1v) is 6.55. The fourth-order valence-electron chi connectivity index (χ4n) is 1.70. The minimum Gasteiger partial charge on any atom is -0.479 e. The molecule has 1 rings (SSSR count).